The van der Waals surface area contributed by atoms with Crippen molar-refractivity contribution < 1.29 is 14.3 Å². The van der Waals surface area contributed by atoms with Gasteiger partial charge in [0, 0.05) is 19.2 Å². The summed E-state index contributed by atoms with van der Waals surface area (Å²) in [6.07, 6.45) is 0. The molecular formula is C20H25N5O3. The fraction of sp³-hybridized carbons (Fsp3) is 0.250. The van der Waals surface area contributed by atoms with Crippen LogP contribution in [0.1, 0.15) is 15.9 Å². The van der Waals surface area contributed by atoms with Crippen molar-refractivity contribution in [3.63, 3.8) is 0 Å². The van der Waals surface area contributed by atoms with Crippen LogP contribution in [0.2, 0.25) is 0 Å². The summed E-state index contributed by atoms with van der Waals surface area (Å²) >= 11 is 0. The van der Waals surface area contributed by atoms with Gasteiger partial charge < -0.3 is 26.4 Å². The minimum atomic E-state index is -0.581. The molecule has 0 aliphatic heterocycles. The number of carbonyl (C=O) groups excluding carboxylic acids is 2. The Labute approximate surface area is 164 Å². The molecule has 0 atom stereocenters. The van der Waals surface area contributed by atoms with Crippen LogP contribution in [-0.4, -0.2) is 44.5 Å². The van der Waals surface area contributed by atoms with Gasteiger partial charge in [-0.15, -0.1) is 0 Å². The molecule has 2 aromatic carbocycles. The van der Waals surface area contributed by atoms with Gasteiger partial charge in [-0.25, -0.2) is 0 Å². The van der Waals surface area contributed by atoms with Crippen LogP contribution in [0.4, 0.5) is 0 Å². The molecule has 2 amide bonds. The molecule has 0 bridgehead atoms. The van der Waals surface area contributed by atoms with E-state index in [2.05, 4.69) is 20.9 Å². The molecule has 148 valence electrons. The standard InChI is InChI=1S/C20H25N5O3/c1-22-20(23-11-12-28-17-5-3-2-4-6-17)25-13-15-7-9-16(10-8-15)19(27)24-14-18(21)26/h2-10H,11-14H2,1H3,(H2,21,26)(H,24,27)(H2,22,23,25). The second-order valence-electron chi connectivity index (χ2n) is 5.86. The van der Waals surface area contributed by atoms with Gasteiger partial charge >= 0.3 is 0 Å². The highest BCUT2D eigenvalue weighted by Gasteiger charge is 2.06. The second kappa shape index (κ2) is 11.2. The van der Waals surface area contributed by atoms with Crippen LogP contribution in [0, 0.1) is 0 Å². The Bertz CT molecular complexity index is 791. The highest BCUT2D eigenvalue weighted by Crippen LogP contribution is 2.07. The molecule has 8 heteroatoms. The van der Waals surface area contributed by atoms with Crippen LogP contribution in [-0.2, 0) is 11.3 Å². The maximum atomic E-state index is 11.8. The van der Waals surface area contributed by atoms with Gasteiger partial charge in [0.15, 0.2) is 5.96 Å². The minimum absolute atomic E-state index is 0.182. The van der Waals surface area contributed by atoms with Crippen LogP contribution in [0.15, 0.2) is 59.6 Å². The van der Waals surface area contributed by atoms with Gasteiger partial charge in [-0.05, 0) is 29.8 Å². The summed E-state index contributed by atoms with van der Waals surface area (Å²) in [5.41, 5.74) is 6.46. The molecule has 0 aromatic heterocycles. The number of hydrogen-bond acceptors (Lipinski definition) is 4. The molecule has 0 fully saturated rings. The number of aliphatic imine (C=N–C) groups is 1. The van der Waals surface area contributed by atoms with E-state index < -0.39 is 5.91 Å². The topological polar surface area (TPSA) is 118 Å². The number of nitrogens with one attached hydrogen (secondary N) is 3. The third-order valence-corrected chi connectivity index (χ3v) is 3.73. The van der Waals surface area contributed by atoms with E-state index in [0.717, 1.165) is 11.3 Å². The van der Waals surface area contributed by atoms with E-state index in [1.807, 2.05) is 42.5 Å². The maximum Gasteiger partial charge on any atom is 0.251 e. The van der Waals surface area contributed by atoms with E-state index >= 15 is 0 Å². The maximum absolute atomic E-state index is 11.8. The van der Waals surface area contributed by atoms with Gasteiger partial charge in [-0.1, -0.05) is 30.3 Å². The number of benzene rings is 2. The van der Waals surface area contributed by atoms with Crippen LogP contribution >= 0.6 is 0 Å². The van der Waals surface area contributed by atoms with E-state index in [9.17, 15) is 9.59 Å². The van der Waals surface area contributed by atoms with Crippen LogP contribution < -0.4 is 26.4 Å². The number of nitrogens with zero attached hydrogens (tertiary/aromatic N) is 1. The van der Waals surface area contributed by atoms with Gasteiger partial charge in [0.05, 0.1) is 13.1 Å². The second-order valence-corrected chi connectivity index (χ2v) is 5.86. The number of amides is 2. The number of para-hydroxylation sites is 1. The number of carbonyl (C=O) groups is 2. The lowest BCUT2D eigenvalue weighted by atomic mass is 10.1. The lowest BCUT2D eigenvalue weighted by Gasteiger charge is -2.13. The lowest BCUT2D eigenvalue weighted by molar-refractivity contribution is -0.117. The molecule has 8 nitrogen and oxygen atoms in total. The summed E-state index contributed by atoms with van der Waals surface area (Å²) in [6, 6.07) is 16.7. The van der Waals surface area contributed by atoms with E-state index in [1.165, 1.54) is 0 Å². The first kappa shape index (κ1) is 20.8. The van der Waals surface area contributed by atoms with Crippen LogP contribution in [0.5, 0.6) is 5.75 Å². The number of hydrogen-bond donors (Lipinski definition) is 4. The normalized spacial score (nSPS) is 10.8. The summed E-state index contributed by atoms with van der Waals surface area (Å²) in [5.74, 6) is 0.559. The monoisotopic (exact) mass is 383 g/mol. The van der Waals surface area contributed by atoms with Gasteiger partial charge in [0.25, 0.3) is 5.91 Å². The number of guanidine groups is 1. The first-order chi connectivity index (χ1) is 13.6. The molecule has 2 rings (SSSR count). The highest BCUT2D eigenvalue weighted by molar-refractivity contribution is 5.96. The molecule has 28 heavy (non-hydrogen) atoms. The first-order valence-electron chi connectivity index (χ1n) is 8.86. The van der Waals surface area contributed by atoms with Crippen LogP contribution in [0.3, 0.4) is 0 Å². The third-order valence-electron chi connectivity index (χ3n) is 3.73. The zero-order valence-electron chi connectivity index (χ0n) is 15.8. The Morgan fingerprint density at radius 3 is 2.36 bits per heavy atom. The molecule has 0 aliphatic carbocycles. The third kappa shape index (κ3) is 7.36. The van der Waals surface area contributed by atoms with Crippen LogP contribution in [0.25, 0.3) is 0 Å². The predicted molar refractivity (Wildman–Crippen MR) is 108 cm³/mol. The number of rotatable bonds is 9. The van der Waals surface area contributed by atoms with Gasteiger partial charge in [0.1, 0.15) is 12.4 Å². The van der Waals surface area contributed by atoms with E-state index in [-0.39, 0.29) is 12.5 Å². The van der Waals surface area contributed by atoms with E-state index in [1.54, 1.807) is 19.2 Å². The Balaban J connectivity index is 1.72. The predicted octanol–water partition coefficient (Wildman–Crippen LogP) is 0.646. The Morgan fingerprint density at radius 2 is 1.71 bits per heavy atom. The summed E-state index contributed by atoms with van der Waals surface area (Å²) in [7, 11) is 1.69. The Kier molecular flexibility index (Phi) is 8.32. The fourth-order valence-corrected chi connectivity index (χ4v) is 2.30. The highest BCUT2D eigenvalue weighted by atomic mass is 16.5. The average molecular weight is 383 g/mol. The number of primary amides is 1. The van der Waals surface area contributed by atoms with Crippen molar-refractivity contribution in [3.05, 3.63) is 65.7 Å². The lowest BCUT2D eigenvalue weighted by Crippen LogP contribution is -2.38. The molecule has 0 unspecified atom stereocenters. The molecule has 0 heterocycles. The van der Waals surface area contributed by atoms with Crippen molar-refractivity contribution in [1.29, 1.82) is 0 Å². The van der Waals surface area contributed by atoms with Crippen molar-refractivity contribution in [2.45, 2.75) is 6.54 Å². The summed E-state index contributed by atoms with van der Waals surface area (Å²) in [4.78, 5) is 26.7. The molecule has 0 radical (unpaired) electrons. The van der Waals surface area contributed by atoms with Crippen molar-refractivity contribution in [2.24, 2.45) is 10.7 Å². The van der Waals surface area contributed by atoms with Crippen molar-refractivity contribution >= 4 is 17.8 Å². The zero-order valence-corrected chi connectivity index (χ0v) is 15.8. The van der Waals surface area contributed by atoms with Gasteiger partial charge in [-0.3, -0.25) is 14.6 Å². The van der Waals surface area contributed by atoms with Crippen molar-refractivity contribution in [1.82, 2.24) is 16.0 Å². The molecular weight excluding hydrogens is 358 g/mol. The number of ether oxygens (including phenoxy) is 1. The molecule has 0 aliphatic rings. The fourth-order valence-electron chi connectivity index (χ4n) is 2.30. The summed E-state index contributed by atoms with van der Waals surface area (Å²) < 4.78 is 5.62. The zero-order chi connectivity index (χ0) is 20.2. The SMILES string of the molecule is CN=C(NCCOc1ccccc1)NCc1ccc(C(=O)NCC(N)=O)cc1. The minimum Gasteiger partial charge on any atom is -0.492 e. The largest absolute Gasteiger partial charge is 0.492 e. The van der Waals surface area contributed by atoms with Gasteiger partial charge in [-0.2, -0.15) is 0 Å². The van der Waals surface area contributed by atoms with Crippen molar-refractivity contribution in [2.75, 3.05) is 26.7 Å². The average Bonchev–Trinajstić information content (AvgIpc) is 2.72. The van der Waals surface area contributed by atoms with Gasteiger partial charge in [0.2, 0.25) is 5.91 Å². The molecule has 5 N–H and O–H groups in total. The number of nitrogens with two attached hydrogens (primary N) is 1. The van der Waals surface area contributed by atoms with Crippen molar-refractivity contribution in [3.8, 4) is 5.75 Å². The van der Waals surface area contributed by atoms with E-state index in [0.29, 0.717) is 31.2 Å². The summed E-state index contributed by atoms with van der Waals surface area (Å²) in [6.45, 7) is 1.48. The Morgan fingerprint density at radius 1 is 1.00 bits per heavy atom. The summed E-state index contributed by atoms with van der Waals surface area (Å²) in [5, 5.41) is 8.82. The molecule has 0 saturated carbocycles. The first-order valence-corrected chi connectivity index (χ1v) is 8.86. The molecule has 2 aromatic rings. The Hall–Kier alpha value is -3.55. The smallest absolute Gasteiger partial charge is 0.251 e. The quantitative estimate of drug-likeness (QED) is 0.288. The molecule has 0 saturated heterocycles. The molecule has 0 spiro atoms. The van der Waals surface area contributed by atoms with E-state index in [4.69, 9.17) is 10.5 Å².